The maximum atomic E-state index is 13.3. The Morgan fingerprint density at radius 1 is 0.970 bits per heavy atom. The van der Waals surface area contributed by atoms with Gasteiger partial charge in [-0.25, -0.2) is 0 Å². The minimum absolute atomic E-state index is 0.0732. The molecule has 0 saturated carbocycles. The second-order valence-corrected chi connectivity index (χ2v) is 8.76. The minimum atomic E-state index is -0.254. The molecule has 1 saturated heterocycles. The van der Waals surface area contributed by atoms with E-state index in [0.29, 0.717) is 19.6 Å². The summed E-state index contributed by atoms with van der Waals surface area (Å²) in [4.78, 5) is 27.9. The van der Waals surface area contributed by atoms with Gasteiger partial charge in [-0.05, 0) is 47.7 Å². The van der Waals surface area contributed by atoms with Gasteiger partial charge in [0, 0.05) is 26.1 Å². The van der Waals surface area contributed by atoms with Gasteiger partial charge in [-0.2, -0.15) is 0 Å². The van der Waals surface area contributed by atoms with Gasteiger partial charge in [0.15, 0.2) is 0 Å². The molecule has 0 bridgehead atoms. The molecular formula is C27H36N2O4. The first-order valence-electron chi connectivity index (χ1n) is 11.8. The maximum Gasteiger partial charge on any atom is 0.226 e. The number of amides is 2. The summed E-state index contributed by atoms with van der Waals surface area (Å²) < 4.78 is 10.4. The van der Waals surface area contributed by atoms with Gasteiger partial charge in [0.1, 0.15) is 11.5 Å². The third-order valence-corrected chi connectivity index (χ3v) is 6.42. The quantitative estimate of drug-likeness (QED) is 0.479. The Hall–Kier alpha value is -3.02. The number of ether oxygens (including phenoxy) is 2. The number of benzene rings is 2. The number of nitrogens with one attached hydrogen (secondary N) is 1. The third kappa shape index (κ3) is 6.98. The number of carbonyl (C=O) groups excluding carboxylic acids is 2. The lowest BCUT2D eigenvalue weighted by Crippen LogP contribution is -2.31. The largest absolute Gasteiger partial charge is 0.497 e. The van der Waals surface area contributed by atoms with E-state index in [-0.39, 0.29) is 30.1 Å². The van der Waals surface area contributed by atoms with Gasteiger partial charge < -0.3 is 19.7 Å². The summed E-state index contributed by atoms with van der Waals surface area (Å²) in [7, 11) is 3.27. The topological polar surface area (TPSA) is 67.9 Å². The van der Waals surface area contributed by atoms with Gasteiger partial charge in [0.25, 0.3) is 0 Å². The van der Waals surface area contributed by atoms with Crippen molar-refractivity contribution in [2.45, 2.75) is 52.1 Å². The Bertz CT molecular complexity index is 895. The van der Waals surface area contributed by atoms with Gasteiger partial charge in [0.05, 0.1) is 20.1 Å². The Labute approximate surface area is 197 Å². The lowest BCUT2D eigenvalue weighted by atomic mass is 9.87. The van der Waals surface area contributed by atoms with Crippen LogP contribution >= 0.6 is 0 Å². The number of carbonyl (C=O) groups is 2. The molecule has 3 rings (SSSR count). The Morgan fingerprint density at radius 2 is 1.58 bits per heavy atom. The van der Waals surface area contributed by atoms with Crippen LogP contribution in [0.2, 0.25) is 0 Å². The van der Waals surface area contributed by atoms with Crippen LogP contribution < -0.4 is 14.8 Å². The van der Waals surface area contributed by atoms with Crippen molar-refractivity contribution in [2.24, 2.45) is 11.8 Å². The number of hydrogen-bond acceptors (Lipinski definition) is 4. The van der Waals surface area contributed by atoms with Crippen molar-refractivity contribution in [2.75, 3.05) is 20.8 Å². The molecule has 2 aromatic rings. The molecule has 0 aliphatic carbocycles. The summed E-state index contributed by atoms with van der Waals surface area (Å²) in [5.74, 6) is 1.57. The summed E-state index contributed by atoms with van der Waals surface area (Å²) in [6.45, 7) is 3.90. The van der Waals surface area contributed by atoms with Gasteiger partial charge in [-0.1, -0.05) is 50.5 Å². The lowest BCUT2D eigenvalue weighted by Gasteiger charge is -2.17. The van der Waals surface area contributed by atoms with E-state index in [2.05, 4.69) is 12.2 Å². The van der Waals surface area contributed by atoms with E-state index in [4.69, 9.17) is 9.47 Å². The van der Waals surface area contributed by atoms with Crippen molar-refractivity contribution in [1.29, 1.82) is 0 Å². The SMILES string of the molecule is CCCCC[C@H]1CN(Cc2ccc(OC)cc2)C(=O)[C@@H]1CC(=O)NCc1ccc(OC)cc1. The van der Waals surface area contributed by atoms with Crippen LogP contribution in [0.4, 0.5) is 0 Å². The normalized spacial score (nSPS) is 17.8. The molecule has 0 spiro atoms. The average Bonchev–Trinajstić information content (AvgIpc) is 3.12. The van der Waals surface area contributed by atoms with E-state index < -0.39 is 0 Å². The second kappa shape index (κ2) is 12.3. The Kier molecular flexibility index (Phi) is 9.16. The molecule has 0 aromatic heterocycles. The van der Waals surface area contributed by atoms with Crippen molar-refractivity contribution in [1.82, 2.24) is 10.2 Å². The predicted molar refractivity (Wildman–Crippen MR) is 129 cm³/mol. The molecule has 1 aliphatic rings. The van der Waals surface area contributed by atoms with Crippen LogP contribution in [0.1, 0.15) is 50.2 Å². The van der Waals surface area contributed by atoms with Crippen molar-refractivity contribution in [3.05, 3.63) is 59.7 Å². The van der Waals surface area contributed by atoms with Gasteiger partial charge in [-0.3, -0.25) is 9.59 Å². The first-order valence-corrected chi connectivity index (χ1v) is 11.8. The highest BCUT2D eigenvalue weighted by atomic mass is 16.5. The summed E-state index contributed by atoms with van der Waals surface area (Å²) >= 11 is 0. The number of likely N-dealkylation sites (tertiary alicyclic amines) is 1. The van der Waals surface area contributed by atoms with Crippen LogP contribution in [0.15, 0.2) is 48.5 Å². The van der Waals surface area contributed by atoms with Crippen molar-refractivity contribution >= 4 is 11.8 Å². The lowest BCUT2D eigenvalue weighted by molar-refractivity contribution is -0.134. The van der Waals surface area contributed by atoms with Gasteiger partial charge >= 0.3 is 0 Å². The van der Waals surface area contributed by atoms with E-state index in [1.54, 1.807) is 14.2 Å². The number of unbranched alkanes of at least 4 members (excludes halogenated alkanes) is 2. The number of hydrogen-bond donors (Lipinski definition) is 1. The summed E-state index contributed by atoms with van der Waals surface area (Å²) in [6, 6.07) is 15.4. The fraction of sp³-hybridized carbons (Fsp3) is 0.481. The molecule has 0 unspecified atom stereocenters. The fourth-order valence-corrected chi connectivity index (χ4v) is 4.45. The number of methoxy groups -OCH3 is 2. The summed E-state index contributed by atoms with van der Waals surface area (Å²) in [5, 5.41) is 2.98. The van der Waals surface area contributed by atoms with Gasteiger partial charge in [-0.15, -0.1) is 0 Å². The second-order valence-electron chi connectivity index (χ2n) is 8.76. The highest BCUT2D eigenvalue weighted by molar-refractivity contribution is 5.87. The molecule has 6 heteroatoms. The van der Waals surface area contributed by atoms with Crippen molar-refractivity contribution in [3.8, 4) is 11.5 Å². The summed E-state index contributed by atoms with van der Waals surface area (Å²) in [5.41, 5.74) is 2.07. The molecule has 178 valence electrons. The molecule has 2 amide bonds. The zero-order valence-corrected chi connectivity index (χ0v) is 20.0. The zero-order valence-electron chi connectivity index (χ0n) is 20.0. The Balaban J connectivity index is 1.60. The maximum absolute atomic E-state index is 13.3. The van der Waals surface area contributed by atoms with Crippen LogP contribution in [0, 0.1) is 11.8 Å². The van der Waals surface area contributed by atoms with E-state index in [0.717, 1.165) is 48.3 Å². The highest BCUT2D eigenvalue weighted by Crippen LogP contribution is 2.33. The molecule has 33 heavy (non-hydrogen) atoms. The molecule has 2 atom stereocenters. The van der Waals surface area contributed by atoms with Crippen LogP contribution in [0.25, 0.3) is 0 Å². The van der Waals surface area contributed by atoms with Crippen LogP contribution in [-0.2, 0) is 22.7 Å². The first-order chi connectivity index (χ1) is 16.0. The standard InChI is InChI=1S/C27H36N2O4/c1-4-5-6-7-22-19-29(18-21-10-14-24(33-3)15-11-21)27(31)25(22)16-26(30)28-17-20-8-12-23(32-2)13-9-20/h8-15,22,25H,4-7,16-19H2,1-3H3,(H,28,30)/t22-,25+/m0/s1. The molecular weight excluding hydrogens is 416 g/mol. The smallest absolute Gasteiger partial charge is 0.226 e. The average molecular weight is 453 g/mol. The number of rotatable bonds is 12. The predicted octanol–water partition coefficient (Wildman–Crippen LogP) is 4.57. The molecule has 2 aromatic carbocycles. The monoisotopic (exact) mass is 452 g/mol. The fourth-order valence-electron chi connectivity index (χ4n) is 4.45. The molecule has 6 nitrogen and oxygen atoms in total. The minimum Gasteiger partial charge on any atom is -0.497 e. The van der Waals surface area contributed by atoms with E-state index >= 15 is 0 Å². The zero-order chi connectivity index (χ0) is 23.6. The van der Waals surface area contributed by atoms with E-state index in [1.807, 2.05) is 53.4 Å². The van der Waals surface area contributed by atoms with Crippen LogP contribution in [-0.4, -0.2) is 37.5 Å². The Morgan fingerprint density at radius 3 is 2.15 bits per heavy atom. The number of nitrogens with zero attached hydrogens (tertiary/aromatic N) is 1. The van der Waals surface area contributed by atoms with Crippen molar-refractivity contribution < 1.29 is 19.1 Å². The van der Waals surface area contributed by atoms with Crippen LogP contribution in [0.5, 0.6) is 11.5 Å². The molecule has 1 aliphatic heterocycles. The van der Waals surface area contributed by atoms with Crippen LogP contribution in [0.3, 0.4) is 0 Å². The molecule has 1 heterocycles. The summed E-state index contributed by atoms with van der Waals surface area (Å²) in [6.07, 6.45) is 4.61. The molecule has 0 radical (unpaired) electrons. The molecule has 1 fully saturated rings. The van der Waals surface area contributed by atoms with E-state index in [9.17, 15) is 9.59 Å². The van der Waals surface area contributed by atoms with Crippen molar-refractivity contribution in [3.63, 3.8) is 0 Å². The first kappa shape index (κ1) is 24.6. The third-order valence-electron chi connectivity index (χ3n) is 6.42. The van der Waals surface area contributed by atoms with Gasteiger partial charge in [0.2, 0.25) is 11.8 Å². The molecule has 1 N–H and O–H groups in total. The highest BCUT2D eigenvalue weighted by Gasteiger charge is 2.40. The van der Waals surface area contributed by atoms with E-state index in [1.165, 1.54) is 0 Å².